The Hall–Kier alpha value is -0.990. The van der Waals surface area contributed by atoms with Crippen molar-refractivity contribution in [2.45, 2.75) is 24.9 Å². The molecular weight excluding hydrogens is 246 g/mol. The molecule has 0 aliphatic carbocycles. The molecule has 0 spiro atoms. The second kappa shape index (κ2) is 4.71. The Morgan fingerprint density at radius 2 is 2.35 bits per heavy atom. The van der Waals surface area contributed by atoms with Crippen molar-refractivity contribution in [2.75, 3.05) is 18.1 Å². The van der Waals surface area contributed by atoms with Gasteiger partial charge in [0.05, 0.1) is 11.5 Å². The van der Waals surface area contributed by atoms with Gasteiger partial charge in [0, 0.05) is 5.92 Å². The summed E-state index contributed by atoms with van der Waals surface area (Å²) in [7, 11) is -2.97. The van der Waals surface area contributed by atoms with E-state index in [-0.39, 0.29) is 23.3 Å². The van der Waals surface area contributed by atoms with Crippen molar-refractivity contribution >= 4 is 9.84 Å². The van der Waals surface area contributed by atoms with Gasteiger partial charge in [0.1, 0.15) is 6.10 Å². The summed E-state index contributed by atoms with van der Waals surface area (Å²) in [5.41, 5.74) is 5.30. The number of nitrogens with zero attached hydrogens (tertiary/aromatic N) is 2. The van der Waals surface area contributed by atoms with Crippen LogP contribution in [0.5, 0.6) is 0 Å². The molecule has 1 aliphatic heterocycles. The maximum absolute atomic E-state index is 11.3. The van der Waals surface area contributed by atoms with E-state index in [1.165, 1.54) is 0 Å². The number of nitrogens with two attached hydrogens (primary N) is 1. The van der Waals surface area contributed by atoms with Crippen molar-refractivity contribution in [2.24, 2.45) is 5.73 Å². The first kappa shape index (κ1) is 12.5. The third kappa shape index (κ3) is 2.82. The molecule has 17 heavy (non-hydrogen) atoms. The predicted molar refractivity (Wildman–Crippen MR) is 58.9 cm³/mol. The molecule has 0 bridgehead atoms. The topological polar surface area (TPSA) is 119 Å². The Labute approximate surface area is 98.9 Å². The molecule has 1 fully saturated rings. The molecule has 0 aromatic carbocycles. The van der Waals surface area contributed by atoms with Crippen LogP contribution in [-0.4, -0.2) is 41.7 Å². The fraction of sp³-hybridized carbons (Fsp3) is 0.778. The molecule has 96 valence electrons. The van der Waals surface area contributed by atoms with Gasteiger partial charge in [0.15, 0.2) is 15.7 Å². The third-order valence-electron chi connectivity index (χ3n) is 2.78. The lowest BCUT2D eigenvalue weighted by Gasteiger charge is -2.01. The van der Waals surface area contributed by atoms with E-state index in [0.717, 1.165) is 0 Å². The molecule has 1 aliphatic rings. The lowest BCUT2D eigenvalue weighted by atomic mass is 10.1. The molecular formula is C9H15N3O4S. The van der Waals surface area contributed by atoms with Crippen LogP contribution in [0, 0.1) is 0 Å². The molecule has 2 rings (SSSR count). The zero-order valence-corrected chi connectivity index (χ0v) is 10.1. The van der Waals surface area contributed by atoms with Gasteiger partial charge < -0.3 is 15.4 Å². The maximum Gasteiger partial charge on any atom is 0.255 e. The number of rotatable bonds is 4. The molecule has 1 saturated heterocycles. The summed E-state index contributed by atoms with van der Waals surface area (Å²) in [5.74, 6) is 0.459. The van der Waals surface area contributed by atoms with Crippen molar-refractivity contribution in [3.63, 3.8) is 0 Å². The SMILES string of the molecule is NCCC(O)c1nc(C2CCS(=O)(=O)C2)no1. The summed E-state index contributed by atoms with van der Waals surface area (Å²) < 4.78 is 27.5. The van der Waals surface area contributed by atoms with Crippen LogP contribution in [-0.2, 0) is 9.84 Å². The average molecular weight is 261 g/mol. The highest BCUT2D eigenvalue weighted by Gasteiger charge is 2.32. The molecule has 2 atom stereocenters. The molecule has 7 nitrogen and oxygen atoms in total. The van der Waals surface area contributed by atoms with Crippen molar-refractivity contribution in [3.8, 4) is 0 Å². The summed E-state index contributed by atoms with van der Waals surface area (Å²) in [6, 6.07) is 0. The van der Waals surface area contributed by atoms with E-state index in [9.17, 15) is 13.5 Å². The summed E-state index contributed by atoms with van der Waals surface area (Å²) in [5, 5.41) is 13.3. The van der Waals surface area contributed by atoms with Gasteiger partial charge in [-0.2, -0.15) is 4.98 Å². The summed E-state index contributed by atoms with van der Waals surface area (Å²) in [6.07, 6.45) is -0.0296. The first-order valence-corrected chi connectivity index (χ1v) is 7.26. The monoisotopic (exact) mass is 261 g/mol. The second-order valence-electron chi connectivity index (χ2n) is 4.18. The Morgan fingerprint density at radius 3 is 2.94 bits per heavy atom. The van der Waals surface area contributed by atoms with Crippen LogP contribution in [0.15, 0.2) is 4.52 Å². The Bertz CT molecular complexity index is 484. The number of sulfone groups is 1. The van der Waals surface area contributed by atoms with Gasteiger partial charge in [0.25, 0.3) is 5.89 Å². The van der Waals surface area contributed by atoms with E-state index in [0.29, 0.717) is 25.2 Å². The predicted octanol–water partition coefficient (Wildman–Crippen LogP) is -0.646. The molecule has 8 heteroatoms. The molecule has 0 radical (unpaired) electrons. The van der Waals surface area contributed by atoms with Crippen LogP contribution in [0.3, 0.4) is 0 Å². The van der Waals surface area contributed by atoms with E-state index >= 15 is 0 Å². The number of hydrogen-bond acceptors (Lipinski definition) is 7. The third-order valence-corrected chi connectivity index (χ3v) is 4.55. The van der Waals surface area contributed by atoms with Crippen LogP contribution < -0.4 is 5.73 Å². The first-order valence-electron chi connectivity index (χ1n) is 5.44. The largest absolute Gasteiger partial charge is 0.383 e. The molecule has 0 saturated carbocycles. The van der Waals surface area contributed by atoms with E-state index in [1.54, 1.807) is 0 Å². The van der Waals surface area contributed by atoms with Crippen LogP contribution in [0.2, 0.25) is 0 Å². The van der Waals surface area contributed by atoms with Gasteiger partial charge in [-0.25, -0.2) is 8.42 Å². The Kier molecular flexibility index (Phi) is 3.45. The summed E-state index contributed by atoms with van der Waals surface area (Å²) in [4.78, 5) is 4.03. The van der Waals surface area contributed by atoms with Gasteiger partial charge in [-0.05, 0) is 19.4 Å². The molecule has 3 N–H and O–H groups in total. The van der Waals surface area contributed by atoms with Gasteiger partial charge in [-0.3, -0.25) is 0 Å². The summed E-state index contributed by atoms with van der Waals surface area (Å²) in [6.45, 7) is 0.316. The Morgan fingerprint density at radius 1 is 1.59 bits per heavy atom. The minimum Gasteiger partial charge on any atom is -0.383 e. The van der Waals surface area contributed by atoms with Crippen molar-refractivity contribution in [1.82, 2.24) is 10.1 Å². The highest BCUT2D eigenvalue weighted by Crippen LogP contribution is 2.27. The lowest BCUT2D eigenvalue weighted by molar-refractivity contribution is 0.127. The highest BCUT2D eigenvalue weighted by atomic mass is 32.2. The quantitative estimate of drug-likeness (QED) is 0.739. The fourth-order valence-electron chi connectivity index (χ4n) is 1.83. The smallest absolute Gasteiger partial charge is 0.255 e. The van der Waals surface area contributed by atoms with E-state index in [2.05, 4.69) is 10.1 Å². The minimum atomic E-state index is -2.97. The van der Waals surface area contributed by atoms with E-state index in [4.69, 9.17) is 10.3 Å². The van der Waals surface area contributed by atoms with E-state index < -0.39 is 15.9 Å². The van der Waals surface area contributed by atoms with Gasteiger partial charge in [0.2, 0.25) is 0 Å². The van der Waals surface area contributed by atoms with Gasteiger partial charge >= 0.3 is 0 Å². The standard InChI is InChI=1S/C9H15N3O4S/c10-3-1-7(13)9-11-8(12-16-9)6-2-4-17(14,15)5-6/h6-7,13H,1-5,10H2. The molecule has 1 aromatic heterocycles. The number of aromatic nitrogens is 2. The first-order chi connectivity index (χ1) is 8.02. The van der Waals surface area contributed by atoms with Crippen molar-refractivity contribution < 1.29 is 18.0 Å². The zero-order valence-electron chi connectivity index (χ0n) is 9.24. The van der Waals surface area contributed by atoms with E-state index in [1.807, 2.05) is 0 Å². The van der Waals surface area contributed by atoms with Crippen LogP contribution in [0.1, 0.15) is 36.6 Å². The number of hydrogen-bond donors (Lipinski definition) is 2. The molecule has 2 heterocycles. The maximum atomic E-state index is 11.3. The second-order valence-corrected chi connectivity index (χ2v) is 6.41. The molecule has 0 amide bonds. The van der Waals surface area contributed by atoms with Gasteiger partial charge in [-0.1, -0.05) is 5.16 Å². The van der Waals surface area contributed by atoms with Crippen molar-refractivity contribution in [3.05, 3.63) is 11.7 Å². The summed E-state index contributed by atoms with van der Waals surface area (Å²) >= 11 is 0. The highest BCUT2D eigenvalue weighted by molar-refractivity contribution is 7.91. The van der Waals surface area contributed by atoms with Crippen LogP contribution in [0.25, 0.3) is 0 Å². The number of aliphatic hydroxyl groups excluding tert-OH is 1. The minimum absolute atomic E-state index is 0.0545. The molecule has 2 unspecified atom stereocenters. The van der Waals surface area contributed by atoms with Crippen molar-refractivity contribution in [1.29, 1.82) is 0 Å². The van der Waals surface area contributed by atoms with Gasteiger partial charge in [-0.15, -0.1) is 0 Å². The zero-order chi connectivity index (χ0) is 12.5. The van der Waals surface area contributed by atoms with Crippen LogP contribution in [0.4, 0.5) is 0 Å². The van der Waals surface area contributed by atoms with Crippen LogP contribution >= 0.6 is 0 Å². The molecule has 1 aromatic rings. The Balaban J connectivity index is 2.09. The fourth-order valence-corrected chi connectivity index (χ4v) is 3.57. The lowest BCUT2D eigenvalue weighted by Crippen LogP contribution is -2.08. The normalized spacial score (nSPS) is 24.9. The average Bonchev–Trinajstić information content (AvgIpc) is 2.84. The number of aliphatic hydroxyl groups is 1.